The van der Waals surface area contributed by atoms with Crippen molar-refractivity contribution in [1.82, 2.24) is 4.90 Å². The topological polar surface area (TPSA) is 20.3 Å². The molecule has 0 radical (unpaired) electrons. The van der Waals surface area contributed by atoms with Gasteiger partial charge < -0.3 is 4.90 Å². The molecule has 1 aliphatic rings. The van der Waals surface area contributed by atoms with Crippen molar-refractivity contribution in [3.8, 4) is 0 Å². The summed E-state index contributed by atoms with van der Waals surface area (Å²) in [6, 6.07) is 9.42. The van der Waals surface area contributed by atoms with Crippen molar-refractivity contribution in [2.45, 2.75) is 19.6 Å². The Hall–Kier alpha value is -2.04. The SMILES string of the molecule is CC1=C(C(=O)C(F)(F)F)C=CCN1Cc1ccccc1. The standard InChI is InChI=1S/C15H14F3NO/c1-11-13(14(20)15(16,17)18)8-5-9-19(11)10-12-6-3-2-4-7-12/h2-8H,9-10H2,1H3. The molecule has 0 amide bonds. The van der Waals surface area contributed by atoms with Gasteiger partial charge in [-0.2, -0.15) is 13.2 Å². The summed E-state index contributed by atoms with van der Waals surface area (Å²) in [5, 5.41) is 0. The predicted molar refractivity (Wildman–Crippen MR) is 69.8 cm³/mol. The lowest BCUT2D eigenvalue weighted by molar-refractivity contribution is -0.166. The Morgan fingerprint density at radius 1 is 1.25 bits per heavy atom. The van der Waals surface area contributed by atoms with Crippen molar-refractivity contribution in [3.05, 3.63) is 59.3 Å². The van der Waals surface area contributed by atoms with Crippen LogP contribution in [0.3, 0.4) is 0 Å². The fourth-order valence-electron chi connectivity index (χ4n) is 2.11. The van der Waals surface area contributed by atoms with Gasteiger partial charge in [0.2, 0.25) is 0 Å². The van der Waals surface area contributed by atoms with Crippen LogP contribution in [-0.4, -0.2) is 23.4 Å². The molecule has 0 atom stereocenters. The lowest BCUT2D eigenvalue weighted by atomic mass is 10.0. The molecule has 0 aromatic heterocycles. The van der Waals surface area contributed by atoms with E-state index in [9.17, 15) is 18.0 Å². The maximum atomic E-state index is 12.5. The normalized spacial score (nSPS) is 15.7. The minimum absolute atomic E-state index is 0.278. The molecule has 1 heterocycles. The zero-order valence-corrected chi connectivity index (χ0v) is 10.9. The zero-order chi connectivity index (χ0) is 14.8. The Labute approximate surface area is 115 Å². The third-order valence-electron chi connectivity index (χ3n) is 3.19. The maximum absolute atomic E-state index is 12.5. The van der Waals surface area contributed by atoms with Crippen LogP contribution in [0.5, 0.6) is 0 Å². The number of halogens is 3. The minimum atomic E-state index is -4.84. The van der Waals surface area contributed by atoms with Crippen LogP contribution in [0.2, 0.25) is 0 Å². The number of hydrogen-bond acceptors (Lipinski definition) is 2. The molecule has 0 spiro atoms. The highest BCUT2D eigenvalue weighted by atomic mass is 19.4. The summed E-state index contributed by atoms with van der Waals surface area (Å²) >= 11 is 0. The van der Waals surface area contributed by atoms with E-state index < -0.39 is 12.0 Å². The molecule has 0 bridgehead atoms. The summed E-state index contributed by atoms with van der Waals surface area (Å²) in [5.41, 5.74) is 1.07. The van der Waals surface area contributed by atoms with Crippen molar-refractivity contribution < 1.29 is 18.0 Å². The van der Waals surface area contributed by atoms with Gasteiger partial charge in [0.15, 0.2) is 0 Å². The molecule has 2 nitrogen and oxygen atoms in total. The first kappa shape index (κ1) is 14.4. The first-order valence-corrected chi connectivity index (χ1v) is 6.17. The second kappa shape index (κ2) is 5.53. The Balaban J connectivity index is 2.23. The van der Waals surface area contributed by atoms with Crippen LogP contribution in [-0.2, 0) is 11.3 Å². The Morgan fingerprint density at radius 2 is 1.90 bits per heavy atom. The van der Waals surface area contributed by atoms with E-state index in [1.165, 1.54) is 6.08 Å². The van der Waals surface area contributed by atoms with Crippen LogP contribution < -0.4 is 0 Å². The number of hydrogen-bond donors (Lipinski definition) is 0. The zero-order valence-electron chi connectivity index (χ0n) is 10.9. The Kier molecular flexibility index (Phi) is 3.97. The van der Waals surface area contributed by atoms with Crippen molar-refractivity contribution in [2.75, 3.05) is 6.54 Å². The molecule has 0 fully saturated rings. The summed E-state index contributed by atoms with van der Waals surface area (Å²) in [6.07, 6.45) is -2.00. The van der Waals surface area contributed by atoms with Gasteiger partial charge >= 0.3 is 6.18 Å². The Bertz CT molecular complexity index is 558. The van der Waals surface area contributed by atoms with Crippen LogP contribution in [0.15, 0.2) is 53.8 Å². The van der Waals surface area contributed by atoms with Gasteiger partial charge in [-0.25, -0.2) is 0 Å². The molecule has 1 aromatic carbocycles. The second-order valence-electron chi connectivity index (χ2n) is 4.59. The number of alkyl halides is 3. The van der Waals surface area contributed by atoms with Gasteiger partial charge in [-0.15, -0.1) is 0 Å². The fourth-order valence-corrected chi connectivity index (χ4v) is 2.11. The van der Waals surface area contributed by atoms with E-state index in [-0.39, 0.29) is 5.57 Å². The molecule has 1 aromatic rings. The molecule has 2 rings (SSSR count). The molecule has 106 valence electrons. The fraction of sp³-hybridized carbons (Fsp3) is 0.267. The number of Topliss-reactive ketones (excluding diaryl/α,β-unsaturated/α-hetero) is 1. The first-order valence-electron chi connectivity index (χ1n) is 6.17. The second-order valence-corrected chi connectivity index (χ2v) is 4.59. The molecule has 1 aliphatic heterocycles. The molecular formula is C15H14F3NO. The molecule has 0 saturated carbocycles. The lowest BCUT2D eigenvalue weighted by Crippen LogP contribution is -2.31. The molecule has 0 unspecified atom stereocenters. The van der Waals surface area contributed by atoms with Crippen LogP contribution in [0.4, 0.5) is 13.2 Å². The van der Waals surface area contributed by atoms with Crippen molar-refractivity contribution in [2.24, 2.45) is 0 Å². The number of carbonyl (C=O) groups is 1. The van der Waals surface area contributed by atoms with Gasteiger partial charge in [0.1, 0.15) is 0 Å². The molecule has 5 heteroatoms. The summed E-state index contributed by atoms with van der Waals surface area (Å²) < 4.78 is 37.6. The number of allylic oxidation sites excluding steroid dienone is 3. The molecule has 0 N–H and O–H groups in total. The van der Waals surface area contributed by atoms with E-state index in [2.05, 4.69) is 0 Å². The summed E-state index contributed by atoms with van der Waals surface area (Å²) in [7, 11) is 0. The highest BCUT2D eigenvalue weighted by molar-refractivity contribution is 6.02. The molecule has 0 saturated heterocycles. The largest absolute Gasteiger partial charge is 0.454 e. The van der Waals surface area contributed by atoms with Gasteiger partial charge in [-0.05, 0) is 12.5 Å². The van der Waals surface area contributed by atoms with Gasteiger partial charge in [0.05, 0.1) is 0 Å². The van der Waals surface area contributed by atoms with Crippen molar-refractivity contribution in [1.29, 1.82) is 0 Å². The third kappa shape index (κ3) is 3.10. The Morgan fingerprint density at radius 3 is 2.50 bits per heavy atom. The average molecular weight is 281 g/mol. The summed E-state index contributed by atoms with van der Waals surface area (Å²) in [5.74, 6) is -1.79. The van der Waals surface area contributed by atoms with Gasteiger partial charge in [0, 0.05) is 24.4 Å². The smallest absolute Gasteiger partial charge is 0.366 e. The van der Waals surface area contributed by atoms with E-state index >= 15 is 0 Å². The minimum Gasteiger partial charge on any atom is -0.366 e. The quantitative estimate of drug-likeness (QED) is 0.845. The number of nitrogens with zero attached hydrogens (tertiary/aromatic N) is 1. The lowest BCUT2D eigenvalue weighted by Gasteiger charge is -2.29. The molecule has 20 heavy (non-hydrogen) atoms. The number of carbonyl (C=O) groups excluding carboxylic acids is 1. The van der Waals surface area contributed by atoms with Crippen molar-refractivity contribution in [3.63, 3.8) is 0 Å². The van der Waals surface area contributed by atoms with Gasteiger partial charge in [0.25, 0.3) is 5.78 Å². The van der Waals surface area contributed by atoms with E-state index in [1.54, 1.807) is 17.9 Å². The van der Waals surface area contributed by atoms with Gasteiger partial charge in [-0.1, -0.05) is 42.5 Å². The number of benzene rings is 1. The van der Waals surface area contributed by atoms with E-state index in [0.29, 0.717) is 18.8 Å². The number of ketones is 1. The highest BCUT2D eigenvalue weighted by Crippen LogP contribution is 2.27. The summed E-state index contributed by atoms with van der Waals surface area (Å²) in [6.45, 7) is 2.52. The van der Waals surface area contributed by atoms with E-state index in [0.717, 1.165) is 5.56 Å². The molecule has 0 aliphatic carbocycles. The first-order chi connectivity index (χ1) is 9.39. The average Bonchev–Trinajstić information content (AvgIpc) is 2.40. The van der Waals surface area contributed by atoms with Crippen LogP contribution in [0.1, 0.15) is 12.5 Å². The highest BCUT2D eigenvalue weighted by Gasteiger charge is 2.41. The third-order valence-corrected chi connectivity index (χ3v) is 3.19. The van der Waals surface area contributed by atoms with Gasteiger partial charge in [-0.3, -0.25) is 4.79 Å². The van der Waals surface area contributed by atoms with E-state index in [4.69, 9.17) is 0 Å². The predicted octanol–water partition coefficient (Wildman–Crippen LogP) is 3.46. The van der Waals surface area contributed by atoms with Crippen molar-refractivity contribution >= 4 is 5.78 Å². The number of rotatable bonds is 3. The van der Waals surface area contributed by atoms with E-state index in [1.807, 2.05) is 30.3 Å². The van der Waals surface area contributed by atoms with Crippen LogP contribution in [0, 0.1) is 0 Å². The van der Waals surface area contributed by atoms with Crippen LogP contribution in [0.25, 0.3) is 0 Å². The monoisotopic (exact) mass is 281 g/mol. The summed E-state index contributed by atoms with van der Waals surface area (Å²) in [4.78, 5) is 13.1. The maximum Gasteiger partial charge on any atom is 0.454 e. The molecular weight excluding hydrogens is 267 g/mol. The van der Waals surface area contributed by atoms with Crippen LogP contribution >= 0.6 is 0 Å².